The quantitative estimate of drug-likeness (QED) is 0.608. The molecule has 0 saturated heterocycles. The number of ether oxygens (including phenoxy) is 1. The van der Waals surface area contributed by atoms with Crippen molar-refractivity contribution < 1.29 is 17.7 Å². The number of rotatable bonds is 4. The maximum Gasteiger partial charge on any atom is 0.762 e. The monoisotopic (exact) mass is 252 g/mol. The molecule has 100 valence electrons. The molecule has 1 aromatic heterocycles. The first-order chi connectivity index (χ1) is 8.04. The Labute approximate surface area is 101 Å². The Kier molecular flexibility index (Phi) is 16.3. The van der Waals surface area contributed by atoms with E-state index in [9.17, 15) is 12.9 Å². The molecule has 17 heavy (non-hydrogen) atoms. The average molecular weight is 252 g/mol. The van der Waals surface area contributed by atoms with Crippen LogP contribution in [-0.2, 0) is 11.8 Å². The summed E-state index contributed by atoms with van der Waals surface area (Å²) in [4.78, 5) is 3.78. The normalized spacial score (nSPS) is 8.59. The summed E-state index contributed by atoms with van der Waals surface area (Å²) in [5.74, 6) is 0. The zero-order chi connectivity index (χ0) is 13.5. The van der Waals surface area contributed by atoms with Crippen LogP contribution in [0.4, 0.5) is 12.9 Å². The molecule has 0 amide bonds. The second kappa shape index (κ2) is 15.0. The first-order valence-corrected chi connectivity index (χ1v) is 5.46. The molecule has 1 rings (SSSR count). The van der Waals surface area contributed by atoms with Gasteiger partial charge in [-0.25, -0.2) is 4.98 Å². The van der Waals surface area contributed by atoms with Gasteiger partial charge in [0, 0.05) is 32.7 Å². The number of nitrogens with zero attached hydrogens (tertiary/aromatic N) is 2. The fraction of sp³-hybridized carbons (Fsp3) is 0.700. The molecule has 0 spiro atoms. The molecular weight excluding hydrogens is 232 g/mol. The van der Waals surface area contributed by atoms with Crippen molar-refractivity contribution in [2.45, 2.75) is 26.7 Å². The predicted molar refractivity (Wildman–Crippen MR) is 63.7 cm³/mol. The molecule has 0 aliphatic rings. The fourth-order valence-corrected chi connectivity index (χ4v) is 0.717. The van der Waals surface area contributed by atoms with Gasteiger partial charge in [-0.1, -0.05) is 13.8 Å². The van der Waals surface area contributed by atoms with E-state index in [-0.39, 0.29) is 0 Å². The van der Waals surface area contributed by atoms with Crippen molar-refractivity contribution in [3.8, 4) is 0 Å². The zero-order valence-corrected chi connectivity index (χ0v) is 10.6. The first kappa shape index (κ1) is 18.4. The first-order valence-electron chi connectivity index (χ1n) is 5.46. The van der Waals surface area contributed by atoms with E-state index in [2.05, 4.69) is 18.8 Å². The fourth-order valence-electron chi connectivity index (χ4n) is 0.717. The minimum Gasteiger partial charge on any atom is -0.381 e. The summed E-state index contributed by atoms with van der Waals surface area (Å²) < 4.78 is 36.0. The lowest BCUT2D eigenvalue weighted by Crippen LogP contribution is -1.92. The minimum absolute atomic E-state index is 0.924. The van der Waals surface area contributed by atoms with Gasteiger partial charge < -0.3 is 9.30 Å². The standard InChI is InChI=1S/C6H14O.C4H6N2.BF3/c1-3-5-7-6-4-2;1-6-3-2-5-4-6;2-1(3)4/h3-6H2,1-2H3;2-4H,1H3;. The van der Waals surface area contributed by atoms with Gasteiger partial charge in [-0.05, 0) is 12.8 Å². The van der Waals surface area contributed by atoms with Gasteiger partial charge in [0.15, 0.2) is 0 Å². The maximum absolute atomic E-state index is 9.67. The molecule has 0 radical (unpaired) electrons. The molecule has 0 aromatic carbocycles. The number of imidazole rings is 1. The molecule has 0 bridgehead atoms. The van der Waals surface area contributed by atoms with Crippen LogP contribution in [-0.4, -0.2) is 30.3 Å². The Morgan fingerprint density at radius 2 is 1.65 bits per heavy atom. The summed E-state index contributed by atoms with van der Waals surface area (Å²) in [6.07, 6.45) is 7.67. The Morgan fingerprint density at radius 3 is 1.82 bits per heavy atom. The van der Waals surface area contributed by atoms with E-state index in [4.69, 9.17) is 4.74 Å². The number of halogens is 3. The molecular formula is C10H20BF3N2O. The van der Waals surface area contributed by atoms with Crippen LogP contribution in [0.5, 0.6) is 0 Å². The number of hydrogen-bond acceptors (Lipinski definition) is 2. The number of aromatic nitrogens is 2. The number of hydrogen-bond donors (Lipinski definition) is 0. The van der Waals surface area contributed by atoms with Crippen LogP contribution in [0, 0.1) is 0 Å². The average Bonchev–Trinajstić information content (AvgIpc) is 2.70. The van der Waals surface area contributed by atoms with E-state index in [1.165, 1.54) is 0 Å². The van der Waals surface area contributed by atoms with E-state index in [1.54, 1.807) is 12.5 Å². The molecule has 0 fully saturated rings. The van der Waals surface area contributed by atoms with Gasteiger partial charge in [-0.2, -0.15) is 0 Å². The second-order valence-electron chi connectivity index (χ2n) is 3.09. The van der Waals surface area contributed by atoms with E-state index in [1.807, 2.05) is 17.8 Å². The molecule has 0 unspecified atom stereocenters. The van der Waals surface area contributed by atoms with E-state index < -0.39 is 7.54 Å². The second-order valence-corrected chi connectivity index (χ2v) is 3.09. The number of aryl methyl sites for hydroxylation is 1. The highest BCUT2D eigenvalue weighted by atomic mass is 19.4. The highest BCUT2D eigenvalue weighted by Crippen LogP contribution is 1.81. The molecule has 0 saturated carbocycles. The van der Waals surface area contributed by atoms with Crippen LogP contribution in [0.1, 0.15) is 26.7 Å². The lowest BCUT2D eigenvalue weighted by atomic mass is 10.5. The van der Waals surface area contributed by atoms with Gasteiger partial charge in [-0.15, -0.1) is 0 Å². The predicted octanol–water partition coefficient (Wildman–Crippen LogP) is 3.12. The van der Waals surface area contributed by atoms with Gasteiger partial charge in [0.1, 0.15) is 0 Å². The highest BCUT2D eigenvalue weighted by Gasteiger charge is 2.06. The van der Waals surface area contributed by atoms with Crippen LogP contribution in [0.3, 0.4) is 0 Å². The molecule has 0 N–H and O–H groups in total. The largest absolute Gasteiger partial charge is 0.762 e. The Hall–Kier alpha value is -0.975. The third-order valence-corrected chi connectivity index (χ3v) is 1.33. The molecule has 0 atom stereocenters. The summed E-state index contributed by atoms with van der Waals surface area (Å²) in [5, 5.41) is 0. The minimum atomic E-state index is -3.67. The Morgan fingerprint density at radius 1 is 1.18 bits per heavy atom. The topological polar surface area (TPSA) is 27.1 Å². The third kappa shape index (κ3) is 25.4. The van der Waals surface area contributed by atoms with Crippen molar-refractivity contribution in [2.24, 2.45) is 7.05 Å². The summed E-state index contributed by atoms with van der Waals surface area (Å²) in [6, 6.07) is 0. The van der Waals surface area contributed by atoms with E-state index >= 15 is 0 Å². The van der Waals surface area contributed by atoms with Crippen molar-refractivity contribution in [3.63, 3.8) is 0 Å². The lowest BCUT2D eigenvalue weighted by Gasteiger charge is -1.95. The van der Waals surface area contributed by atoms with Gasteiger partial charge in [0.2, 0.25) is 0 Å². The molecule has 1 heterocycles. The van der Waals surface area contributed by atoms with Crippen LogP contribution < -0.4 is 0 Å². The smallest absolute Gasteiger partial charge is 0.381 e. The van der Waals surface area contributed by atoms with Crippen molar-refractivity contribution >= 4 is 7.54 Å². The SMILES string of the molecule is CCCOCCC.Cn1ccnc1.FB(F)F. The molecule has 7 heteroatoms. The summed E-state index contributed by atoms with van der Waals surface area (Å²) in [7, 11) is -1.73. The summed E-state index contributed by atoms with van der Waals surface area (Å²) in [5.41, 5.74) is 0. The Bertz CT molecular complexity index is 217. The third-order valence-electron chi connectivity index (χ3n) is 1.33. The highest BCUT2D eigenvalue weighted by molar-refractivity contribution is 6.33. The van der Waals surface area contributed by atoms with Crippen LogP contribution in [0.25, 0.3) is 0 Å². The van der Waals surface area contributed by atoms with Crippen molar-refractivity contribution in [1.29, 1.82) is 0 Å². The van der Waals surface area contributed by atoms with Crippen LogP contribution >= 0.6 is 0 Å². The van der Waals surface area contributed by atoms with Crippen molar-refractivity contribution in [3.05, 3.63) is 18.7 Å². The zero-order valence-electron chi connectivity index (χ0n) is 10.6. The van der Waals surface area contributed by atoms with Crippen molar-refractivity contribution in [1.82, 2.24) is 9.55 Å². The molecule has 3 nitrogen and oxygen atoms in total. The van der Waals surface area contributed by atoms with Gasteiger partial charge >= 0.3 is 7.54 Å². The Balaban J connectivity index is 0. The van der Waals surface area contributed by atoms with Gasteiger partial charge in [0.25, 0.3) is 0 Å². The molecule has 1 aromatic rings. The molecule has 0 aliphatic heterocycles. The van der Waals surface area contributed by atoms with Crippen molar-refractivity contribution in [2.75, 3.05) is 13.2 Å². The maximum atomic E-state index is 9.67. The van der Waals surface area contributed by atoms with Crippen LogP contribution in [0.15, 0.2) is 18.7 Å². The summed E-state index contributed by atoms with van der Waals surface area (Å²) >= 11 is 0. The van der Waals surface area contributed by atoms with E-state index in [0.29, 0.717) is 0 Å². The van der Waals surface area contributed by atoms with Gasteiger partial charge in [-0.3, -0.25) is 12.9 Å². The lowest BCUT2D eigenvalue weighted by molar-refractivity contribution is 0.135. The van der Waals surface area contributed by atoms with E-state index in [0.717, 1.165) is 26.1 Å². The van der Waals surface area contributed by atoms with Gasteiger partial charge in [0.05, 0.1) is 6.33 Å². The van der Waals surface area contributed by atoms with Crippen LogP contribution in [0.2, 0.25) is 0 Å². The molecule has 0 aliphatic carbocycles. The summed E-state index contributed by atoms with van der Waals surface area (Å²) in [6.45, 7) is 6.09.